The summed E-state index contributed by atoms with van der Waals surface area (Å²) in [7, 11) is 1.53. The molecule has 0 radical (unpaired) electrons. The van der Waals surface area contributed by atoms with Crippen LogP contribution in [0.3, 0.4) is 0 Å². The predicted molar refractivity (Wildman–Crippen MR) is 99.1 cm³/mol. The number of benzene rings is 2. The van der Waals surface area contributed by atoms with Crippen LogP contribution in [0.5, 0.6) is 5.75 Å². The summed E-state index contributed by atoms with van der Waals surface area (Å²) in [5.41, 5.74) is 5.48. The van der Waals surface area contributed by atoms with Gasteiger partial charge in [0.15, 0.2) is 0 Å². The topological polar surface area (TPSA) is 87.1 Å². The van der Waals surface area contributed by atoms with E-state index in [4.69, 9.17) is 26.4 Å². The first-order chi connectivity index (χ1) is 12.6. The van der Waals surface area contributed by atoms with Crippen molar-refractivity contribution in [2.24, 2.45) is 0 Å². The number of carbonyl (C=O) groups is 1. The molecule has 0 aliphatic rings. The molecule has 1 amide bonds. The van der Waals surface area contributed by atoms with Gasteiger partial charge in [0.1, 0.15) is 5.75 Å². The monoisotopic (exact) mass is 369 g/mol. The van der Waals surface area contributed by atoms with Gasteiger partial charge < -0.3 is 9.72 Å². The van der Waals surface area contributed by atoms with Crippen LogP contribution >= 0.6 is 11.6 Å². The maximum absolute atomic E-state index is 12.3. The van der Waals surface area contributed by atoms with Crippen molar-refractivity contribution in [2.45, 2.75) is 6.92 Å². The van der Waals surface area contributed by atoms with Crippen molar-refractivity contribution in [1.29, 1.82) is 5.26 Å². The van der Waals surface area contributed by atoms with Crippen LogP contribution < -0.4 is 10.2 Å². The smallest absolute Gasteiger partial charge is 0.277 e. The van der Waals surface area contributed by atoms with Crippen LogP contribution in [0.25, 0.3) is 22.0 Å². The van der Waals surface area contributed by atoms with Gasteiger partial charge in [-0.05, 0) is 37.3 Å². The minimum atomic E-state index is -0.349. The molecule has 26 heavy (non-hydrogen) atoms. The summed E-state index contributed by atoms with van der Waals surface area (Å²) in [5.74, 6) is 0.180. The van der Waals surface area contributed by atoms with E-state index in [0.29, 0.717) is 39.5 Å². The average molecular weight is 370 g/mol. The third-order valence-electron chi connectivity index (χ3n) is 3.94. The fourth-order valence-electron chi connectivity index (χ4n) is 2.71. The van der Waals surface area contributed by atoms with Gasteiger partial charge in [0.25, 0.3) is 5.91 Å². The molecule has 0 bridgehead atoms. The van der Waals surface area contributed by atoms with Gasteiger partial charge in [-0.3, -0.25) is 9.63 Å². The lowest BCUT2D eigenvalue weighted by Crippen LogP contribution is -2.23. The van der Waals surface area contributed by atoms with Gasteiger partial charge in [0, 0.05) is 28.2 Å². The molecule has 6 nitrogen and oxygen atoms in total. The molecule has 3 rings (SSSR count). The lowest BCUT2D eigenvalue weighted by atomic mass is 10.00. The molecule has 7 heteroatoms. The number of hydrogen-bond donors (Lipinski definition) is 2. The Morgan fingerprint density at radius 3 is 2.81 bits per heavy atom. The van der Waals surface area contributed by atoms with Crippen LogP contribution in [0.4, 0.5) is 0 Å². The van der Waals surface area contributed by atoms with Crippen molar-refractivity contribution < 1.29 is 14.4 Å². The van der Waals surface area contributed by atoms with Crippen molar-refractivity contribution >= 4 is 28.4 Å². The summed E-state index contributed by atoms with van der Waals surface area (Å²) in [4.78, 5) is 20.3. The van der Waals surface area contributed by atoms with Gasteiger partial charge in [-0.1, -0.05) is 11.6 Å². The Hall–Kier alpha value is -3.01. The summed E-state index contributed by atoms with van der Waals surface area (Å²) in [6, 6.07) is 10.8. The van der Waals surface area contributed by atoms with Gasteiger partial charge in [-0.2, -0.15) is 5.26 Å². The molecule has 132 valence electrons. The van der Waals surface area contributed by atoms with Crippen LogP contribution in [0.15, 0.2) is 36.5 Å². The second kappa shape index (κ2) is 7.48. The Morgan fingerprint density at radius 1 is 1.31 bits per heavy atom. The molecule has 2 N–H and O–H groups in total. The number of nitrogens with zero attached hydrogens (tertiary/aromatic N) is 1. The molecule has 1 aromatic heterocycles. The van der Waals surface area contributed by atoms with E-state index in [1.54, 1.807) is 37.4 Å². The number of fused-ring (bicyclic) bond motifs is 1. The van der Waals surface area contributed by atoms with Crippen molar-refractivity contribution in [3.63, 3.8) is 0 Å². The highest BCUT2D eigenvalue weighted by molar-refractivity contribution is 6.34. The van der Waals surface area contributed by atoms with Crippen molar-refractivity contribution in [3.05, 3.63) is 52.7 Å². The summed E-state index contributed by atoms with van der Waals surface area (Å²) in [6.45, 7) is 2.15. The average Bonchev–Trinajstić information content (AvgIpc) is 3.07. The van der Waals surface area contributed by atoms with Crippen LogP contribution in [0.1, 0.15) is 22.8 Å². The molecule has 1 heterocycles. The van der Waals surface area contributed by atoms with E-state index in [9.17, 15) is 4.79 Å². The maximum atomic E-state index is 12.3. The first kappa shape index (κ1) is 17.8. The standard InChI is InChI=1S/C19H16ClN3O3/c1-3-26-23-19(24)15-10-22-17-8-16(20)13(7-14(15)17)12-5-4-11(9-21)6-18(12)25-2/h4-8,10,22H,3H2,1-2H3,(H,23,24). The highest BCUT2D eigenvalue weighted by Crippen LogP contribution is 2.38. The van der Waals surface area contributed by atoms with Gasteiger partial charge in [0.2, 0.25) is 0 Å². The highest BCUT2D eigenvalue weighted by Gasteiger charge is 2.17. The third-order valence-corrected chi connectivity index (χ3v) is 4.26. The Balaban J connectivity index is 2.14. The number of amides is 1. The van der Waals surface area contributed by atoms with Gasteiger partial charge in [-0.25, -0.2) is 5.48 Å². The van der Waals surface area contributed by atoms with Crippen LogP contribution in [0, 0.1) is 11.3 Å². The molecular weight excluding hydrogens is 354 g/mol. The second-order valence-corrected chi connectivity index (χ2v) is 5.88. The zero-order chi connectivity index (χ0) is 18.7. The van der Waals surface area contributed by atoms with Gasteiger partial charge in [-0.15, -0.1) is 0 Å². The number of rotatable bonds is 5. The summed E-state index contributed by atoms with van der Waals surface area (Å²) in [5, 5.41) is 10.3. The lowest BCUT2D eigenvalue weighted by molar-refractivity contribution is 0.0366. The van der Waals surface area contributed by atoms with E-state index in [-0.39, 0.29) is 5.91 Å². The highest BCUT2D eigenvalue weighted by atomic mass is 35.5. The van der Waals surface area contributed by atoms with Crippen molar-refractivity contribution in [3.8, 4) is 22.9 Å². The lowest BCUT2D eigenvalue weighted by Gasteiger charge is -2.11. The summed E-state index contributed by atoms with van der Waals surface area (Å²) in [6.07, 6.45) is 1.61. The largest absolute Gasteiger partial charge is 0.496 e. The van der Waals surface area contributed by atoms with Gasteiger partial charge >= 0.3 is 0 Å². The number of nitrogens with one attached hydrogen (secondary N) is 2. The number of aromatic nitrogens is 1. The number of hydrogen-bond acceptors (Lipinski definition) is 4. The minimum Gasteiger partial charge on any atom is -0.496 e. The molecule has 3 aromatic rings. The number of hydroxylamine groups is 1. The summed E-state index contributed by atoms with van der Waals surface area (Å²) < 4.78 is 5.40. The normalized spacial score (nSPS) is 10.5. The fourth-order valence-corrected chi connectivity index (χ4v) is 2.98. The van der Waals surface area contributed by atoms with E-state index >= 15 is 0 Å². The predicted octanol–water partition coefficient (Wildman–Crippen LogP) is 4.05. The Morgan fingerprint density at radius 2 is 2.12 bits per heavy atom. The Bertz CT molecular complexity index is 1020. The minimum absolute atomic E-state index is 0.349. The van der Waals surface area contributed by atoms with Crippen LogP contribution in [-0.4, -0.2) is 24.6 Å². The SMILES string of the molecule is CCONC(=O)c1c[nH]c2cc(Cl)c(-c3ccc(C#N)cc3OC)cc12. The number of nitriles is 1. The molecule has 0 saturated heterocycles. The van der Waals surface area contributed by atoms with Crippen molar-refractivity contribution in [2.75, 3.05) is 13.7 Å². The third kappa shape index (κ3) is 3.23. The fraction of sp³-hybridized carbons (Fsp3) is 0.158. The van der Waals surface area contributed by atoms with E-state index in [1.165, 1.54) is 7.11 Å². The molecule has 0 aliphatic carbocycles. The van der Waals surface area contributed by atoms with Gasteiger partial charge in [0.05, 0.1) is 35.9 Å². The molecule has 0 atom stereocenters. The van der Waals surface area contributed by atoms with Crippen molar-refractivity contribution in [1.82, 2.24) is 10.5 Å². The van der Waals surface area contributed by atoms with E-state index in [0.717, 1.165) is 11.1 Å². The Labute approximate surface area is 155 Å². The number of H-pyrrole nitrogens is 1. The molecule has 0 spiro atoms. The molecule has 0 aliphatic heterocycles. The quantitative estimate of drug-likeness (QED) is 0.664. The van der Waals surface area contributed by atoms with E-state index < -0.39 is 0 Å². The second-order valence-electron chi connectivity index (χ2n) is 5.47. The molecule has 0 unspecified atom stereocenters. The zero-order valence-electron chi connectivity index (χ0n) is 14.2. The number of halogens is 1. The van der Waals surface area contributed by atoms with E-state index in [1.807, 2.05) is 6.07 Å². The molecule has 0 fully saturated rings. The molecule has 0 saturated carbocycles. The molecule has 2 aromatic carbocycles. The number of carbonyl (C=O) groups excluding carboxylic acids is 1. The van der Waals surface area contributed by atoms with Crippen LogP contribution in [0.2, 0.25) is 5.02 Å². The Kier molecular flexibility index (Phi) is 5.12. The summed E-state index contributed by atoms with van der Waals surface area (Å²) >= 11 is 6.45. The number of ether oxygens (including phenoxy) is 1. The van der Waals surface area contributed by atoms with E-state index in [2.05, 4.69) is 16.5 Å². The molecular formula is C19H16ClN3O3. The van der Waals surface area contributed by atoms with Crippen LogP contribution in [-0.2, 0) is 4.84 Å². The number of methoxy groups -OCH3 is 1. The maximum Gasteiger partial charge on any atom is 0.277 e. The first-order valence-corrected chi connectivity index (χ1v) is 8.28. The number of aromatic amines is 1. The zero-order valence-corrected chi connectivity index (χ0v) is 15.0. The first-order valence-electron chi connectivity index (χ1n) is 7.90.